The van der Waals surface area contributed by atoms with Crippen LogP contribution in [0.25, 0.3) is 16.3 Å². The topological polar surface area (TPSA) is 93.5 Å². The number of rotatable bonds is 7. The van der Waals surface area contributed by atoms with Crippen LogP contribution in [0, 0.1) is 11.3 Å². The smallest absolute Gasteiger partial charge is 0.268 e. The fraction of sp³-hybridized carbons (Fsp3) is 0.190. The van der Waals surface area contributed by atoms with Crippen molar-refractivity contribution in [1.82, 2.24) is 4.98 Å². The Morgan fingerprint density at radius 2 is 2.00 bits per heavy atom. The van der Waals surface area contributed by atoms with Crippen LogP contribution < -0.4 is 19.5 Å². The second kappa shape index (κ2) is 9.08. The highest BCUT2D eigenvalue weighted by molar-refractivity contribution is 7.22. The van der Waals surface area contributed by atoms with Gasteiger partial charge < -0.3 is 14.2 Å². The van der Waals surface area contributed by atoms with Crippen LogP contribution in [0.5, 0.6) is 17.2 Å². The Bertz CT molecular complexity index is 1110. The molecule has 29 heavy (non-hydrogen) atoms. The molecule has 0 aliphatic heterocycles. The number of fused-ring (bicyclic) bond motifs is 1. The summed E-state index contributed by atoms with van der Waals surface area (Å²) in [7, 11) is 3.06. The van der Waals surface area contributed by atoms with E-state index < -0.39 is 5.91 Å². The third kappa shape index (κ3) is 4.65. The molecule has 0 atom stereocenters. The molecule has 0 unspecified atom stereocenters. The maximum Gasteiger partial charge on any atom is 0.268 e. The molecule has 0 fully saturated rings. The number of benzene rings is 2. The summed E-state index contributed by atoms with van der Waals surface area (Å²) < 4.78 is 16.8. The molecule has 2 aromatic carbocycles. The summed E-state index contributed by atoms with van der Waals surface area (Å²) in [6, 6.07) is 12.6. The third-order valence-electron chi connectivity index (χ3n) is 3.98. The molecule has 1 amide bonds. The summed E-state index contributed by atoms with van der Waals surface area (Å²) in [5.41, 5.74) is 1.34. The lowest BCUT2D eigenvalue weighted by Crippen LogP contribution is -2.13. The molecule has 1 heterocycles. The van der Waals surface area contributed by atoms with Gasteiger partial charge in [0.2, 0.25) is 0 Å². The van der Waals surface area contributed by atoms with Gasteiger partial charge in [-0.25, -0.2) is 4.98 Å². The number of carbonyl (C=O) groups excluding carboxylic acids is 1. The first-order valence-corrected chi connectivity index (χ1v) is 9.58. The van der Waals surface area contributed by atoms with Crippen molar-refractivity contribution in [2.75, 3.05) is 26.1 Å². The fourth-order valence-corrected chi connectivity index (χ4v) is 3.53. The minimum atomic E-state index is -0.536. The lowest BCUT2D eigenvalue weighted by atomic mass is 10.1. The van der Waals surface area contributed by atoms with E-state index in [2.05, 4.69) is 10.3 Å². The summed E-state index contributed by atoms with van der Waals surface area (Å²) in [5.74, 6) is 1.28. The van der Waals surface area contributed by atoms with Crippen LogP contribution in [0.15, 0.2) is 42.0 Å². The van der Waals surface area contributed by atoms with Gasteiger partial charge in [0.15, 0.2) is 16.6 Å². The predicted molar refractivity (Wildman–Crippen MR) is 113 cm³/mol. The number of amides is 1. The molecular formula is C21H19N3O4S. The SMILES string of the molecule is CCOc1ccc2nc(NC(=O)/C(C#N)=C/c3ccc(OC)c(OC)c3)sc2c1. The van der Waals surface area contributed by atoms with E-state index in [1.165, 1.54) is 31.6 Å². The number of hydrogen-bond donors (Lipinski definition) is 1. The Hall–Kier alpha value is -3.57. The van der Waals surface area contributed by atoms with Crippen LogP contribution in [-0.2, 0) is 4.79 Å². The molecular weight excluding hydrogens is 390 g/mol. The van der Waals surface area contributed by atoms with E-state index in [9.17, 15) is 10.1 Å². The third-order valence-corrected chi connectivity index (χ3v) is 4.91. The van der Waals surface area contributed by atoms with E-state index in [0.29, 0.717) is 28.8 Å². The Balaban J connectivity index is 1.82. The Labute approximate surface area is 172 Å². The Morgan fingerprint density at radius 1 is 1.21 bits per heavy atom. The number of nitriles is 1. The Morgan fingerprint density at radius 3 is 2.69 bits per heavy atom. The van der Waals surface area contributed by atoms with Crippen molar-refractivity contribution in [3.05, 3.63) is 47.5 Å². The lowest BCUT2D eigenvalue weighted by Gasteiger charge is -2.08. The molecule has 0 saturated heterocycles. The standard InChI is InChI=1S/C21H19N3O4S/c1-4-28-15-6-7-16-19(11-15)29-21(23-16)24-20(25)14(12-22)9-13-5-8-17(26-2)18(10-13)27-3/h5-11H,4H2,1-3H3,(H,23,24,25)/b14-9+. The fourth-order valence-electron chi connectivity index (χ4n) is 2.64. The summed E-state index contributed by atoms with van der Waals surface area (Å²) in [4.78, 5) is 16.9. The van der Waals surface area contributed by atoms with Gasteiger partial charge >= 0.3 is 0 Å². The number of ether oxygens (including phenoxy) is 3. The van der Waals surface area contributed by atoms with Crippen molar-refractivity contribution in [3.8, 4) is 23.3 Å². The van der Waals surface area contributed by atoms with Gasteiger partial charge in [-0.15, -0.1) is 0 Å². The average Bonchev–Trinajstić information content (AvgIpc) is 3.13. The van der Waals surface area contributed by atoms with Gasteiger partial charge in [0.25, 0.3) is 5.91 Å². The summed E-state index contributed by atoms with van der Waals surface area (Å²) >= 11 is 1.31. The highest BCUT2D eigenvalue weighted by Crippen LogP contribution is 2.30. The molecule has 3 rings (SSSR count). The number of nitrogens with one attached hydrogen (secondary N) is 1. The van der Waals surface area contributed by atoms with Crippen molar-refractivity contribution in [1.29, 1.82) is 5.26 Å². The largest absolute Gasteiger partial charge is 0.494 e. The quantitative estimate of drug-likeness (QED) is 0.463. The van der Waals surface area contributed by atoms with Crippen molar-refractivity contribution < 1.29 is 19.0 Å². The number of hydrogen-bond acceptors (Lipinski definition) is 7. The van der Waals surface area contributed by atoms with Crippen LogP contribution in [-0.4, -0.2) is 31.7 Å². The first-order chi connectivity index (χ1) is 14.1. The molecule has 1 N–H and O–H groups in total. The average molecular weight is 409 g/mol. The Kier molecular flexibility index (Phi) is 6.32. The zero-order valence-corrected chi connectivity index (χ0v) is 17.0. The van der Waals surface area contributed by atoms with E-state index in [0.717, 1.165) is 16.0 Å². The first-order valence-electron chi connectivity index (χ1n) is 8.76. The number of thiazole rings is 1. The first kappa shape index (κ1) is 20.2. The van der Waals surface area contributed by atoms with E-state index in [1.54, 1.807) is 18.2 Å². The van der Waals surface area contributed by atoms with Crippen LogP contribution in [0.4, 0.5) is 5.13 Å². The van der Waals surface area contributed by atoms with Crippen molar-refractivity contribution in [3.63, 3.8) is 0 Å². The second-order valence-electron chi connectivity index (χ2n) is 5.82. The highest BCUT2D eigenvalue weighted by Gasteiger charge is 2.14. The molecule has 0 aliphatic carbocycles. The van der Waals surface area contributed by atoms with Crippen molar-refractivity contribution in [2.45, 2.75) is 6.92 Å². The van der Waals surface area contributed by atoms with Crippen molar-refractivity contribution in [2.24, 2.45) is 0 Å². The molecule has 0 saturated carbocycles. The molecule has 0 aliphatic rings. The summed E-state index contributed by atoms with van der Waals surface area (Å²) in [6.45, 7) is 2.48. The van der Waals surface area contributed by atoms with E-state index >= 15 is 0 Å². The second-order valence-corrected chi connectivity index (χ2v) is 6.85. The van der Waals surface area contributed by atoms with Crippen LogP contribution in [0.1, 0.15) is 12.5 Å². The minimum absolute atomic E-state index is 0.0496. The normalized spacial score (nSPS) is 11.0. The number of nitrogens with zero attached hydrogens (tertiary/aromatic N) is 2. The maximum atomic E-state index is 12.6. The number of anilines is 1. The molecule has 148 valence electrons. The predicted octanol–water partition coefficient (Wildman–Crippen LogP) is 4.26. The molecule has 0 bridgehead atoms. The molecule has 0 spiro atoms. The van der Waals surface area contributed by atoms with Gasteiger partial charge in [-0.1, -0.05) is 17.4 Å². The monoisotopic (exact) mass is 409 g/mol. The molecule has 8 heteroatoms. The zero-order chi connectivity index (χ0) is 20.8. The van der Waals surface area contributed by atoms with Gasteiger partial charge in [0.05, 0.1) is 31.0 Å². The molecule has 1 aromatic heterocycles. The van der Waals surface area contributed by atoms with Gasteiger partial charge in [-0.2, -0.15) is 5.26 Å². The van der Waals surface area contributed by atoms with Gasteiger partial charge in [-0.3, -0.25) is 10.1 Å². The summed E-state index contributed by atoms with van der Waals surface area (Å²) in [5, 5.41) is 12.5. The van der Waals surface area contributed by atoms with Crippen molar-refractivity contribution >= 4 is 38.7 Å². The number of aromatic nitrogens is 1. The van der Waals surface area contributed by atoms with Gasteiger partial charge in [0.1, 0.15) is 17.4 Å². The zero-order valence-electron chi connectivity index (χ0n) is 16.2. The van der Waals surface area contributed by atoms with Crippen LogP contribution in [0.2, 0.25) is 0 Å². The molecule has 3 aromatic rings. The number of carbonyl (C=O) groups is 1. The van der Waals surface area contributed by atoms with Gasteiger partial charge in [-0.05, 0) is 48.9 Å². The molecule has 7 nitrogen and oxygen atoms in total. The van der Waals surface area contributed by atoms with Crippen LogP contribution >= 0.6 is 11.3 Å². The minimum Gasteiger partial charge on any atom is -0.494 e. The lowest BCUT2D eigenvalue weighted by molar-refractivity contribution is -0.112. The molecule has 0 radical (unpaired) electrons. The maximum absolute atomic E-state index is 12.6. The highest BCUT2D eigenvalue weighted by atomic mass is 32.1. The van der Waals surface area contributed by atoms with E-state index in [-0.39, 0.29) is 5.57 Å². The summed E-state index contributed by atoms with van der Waals surface area (Å²) in [6.07, 6.45) is 1.48. The van der Waals surface area contributed by atoms with E-state index in [4.69, 9.17) is 14.2 Å². The number of methoxy groups -OCH3 is 2. The van der Waals surface area contributed by atoms with E-state index in [1.807, 2.05) is 31.2 Å². The van der Waals surface area contributed by atoms with Gasteiger partial charge in [0, 0.05) is 0 Å². The van der Waals surface area contributed by atoms with Crippen LogP contribution in [0.3, 0.4) is 0 Å².